The summed E-state index contributed by atoms with van der Waals surface area (Å²) < 4.78 is 32.7. The lowest BCUT2D eigenvalue weighted by Gasteiger charge is -2.16. The molecule has 1 N–H and O–H groups in total. The van der Waals surface area contributed by atoms with Gasteiger partial charge in [-0.25, -0.2) is 13.1 Å². The molecule has 0 spiro atoms. The molecule has 7 heteroatoms. The van der Waals surface area contributed by atoms with Crippen LogP contribution in [0.15, 0.2) is 35.2 Å². The number of hydrogen-bond donors (Lipinski definition) is 1. The van der Waals surface area contributed by atoms with Gasteiger partial charge >= 0.3 is 0 Å². The summed E-state index contributed by atoms with van der Waals surface area (Å²) >= 11 is 6.01. The molecule has 26 heavy (non-hydrogen) atoms. The van der Waals surface area contributed by atoms with Crippen LogP contribution in [0.1, 0.15) is 27.8 Å². The summed E-state index contributed by atoms with van der Waals surface area (Å²) in [7, 11) is -3.97. The van der Waals surface area contributed by atoms with E-state index in [2.05, 4.69) is 4.72 Å². The number of sulfonamides is 1. The number of hydrogen-bond acceptors (Lipinski definition) is 4. The van der Waals surface area contributed by atoms with Crippen molar-refractivity contribution in [3.05, 3.63) is 63.2 Å². The summed E-state index contributed by atoms with van der Waals surface area (Å²) in [5.41, 5.74) is 3.70. The molecule has 0 aromatic heterocycles. The maximum Gasteiger partial charge on any atom is 0.264 e. The van der Waals surface area contributed by atoms with Crippen LogP contribution in [-0.2, 0) is 26.2 Å². The predicted molar refractivity (Wildman–Crippen MR) is 102 cm³/mol. The van der Waals surface area contributed by atoms with Crippen LogP contribution in [0.3, 0.4) is 0 Å². The topological polar surface area (TPSA) is 72.5 Å². The molecule has 0 radical (unpaired) electrons. The summed E-state index contributed by atoms with van der Waals surface area (Å²) in [5, 5.41) is 0.530. The monoisotopic (exact) mass is 395 g/mol. The third-order valence-corrected chi connectivity index (χ3v) is 6.28. The maximum atomic E-state index is 12.7. The number of carbonyl (C=O) groups is 1. The molecule has 2 aromatic rings. The highest BCUT2D eigenvalue weighted by Crippen LogP contribution is 2.25. The first kappa shape index (κ1) is 20.4. The predicted octanol–water partition coefficient (Wildman–Crippen LogP) is 3.60. The highest BCUT2D eigenvalue weighted by atomic mass is 35.5. The van der Waals surface area contributed by atoms with Crippen LogP contribution in [0.2, 0.25) is 5.02 Å². The second-order valence-corrected chi connectivity index (χ2v) is 8.23. The summed E-state index contributed by atoms with van der Waals surface area (Å²) in [4.78, 5) is 12.2. The van der Waals surface area contributed by atoms with Crippen LogP contribution in [0.4, 0.5) is 0 Å². The summed E-state index contributed by atoms with van der Waals surface area (Å²) in [6.07, 6.45) is 0. The molecular formula is C19H22ClNO4S. The van der Waals surface area contributed by atoms with Crippen molar-refractivity contribution in [2.75, 3.05) is 6.61 Å². The van der Waals surface area contributed by atoms with Crippen molar-refractivity contribution in [1.82, 2.24) is 4.72 Å². The van der Waals surface area contributed by atoms with Gasteiger partial charge in [0.1, 0.15) is 6.61 Å². The highest BCUT2D eigenvalue weighted by molar-refractivity contribution is 7.90. The molecule has 2 aromatic carbocycles. The number of amides is 1. The molecule has 2 rings (SSSR count). The van der Waals surface area contributed by atoms with Crippen LogP contribution < -0.4 is 4.72 Å². The van der Waals surface area contributed by atoms with E-state index in [-0.39, 0.29) is 18.1 Å². The van der Waals surface area contributed by atoms with E-state index in [0.717, 1.165) is 16.7 Å². The van der Waals surface area contributed by atoms with Gasteiger partial charge in [0.25, 0.3) is 15.9 Å². The van der Waals surface area contributed by atoms with Crippen molar-refractivity contribution in [3.63, 3.8) is 0 Å². The van der Waals surface area contributed by atoms with Gasteiger partial charge in [0.2, 0.25) is 0 Å². The first-order valence-corrected chi connectivity index (χ1v) is 9.93. The van der Waals surface area contributed by atoms with E-state index in [0.29, 0.717) is 16.1 Å². The van der Waals surface area contributed by atoms with Crippen LogP contribution in [-0.4, -0.2) is 20.9 Å². The molecule has 5 nitrogen and oxygen atoms in total. The maximum absolute atomic E-state index is 12.7. The zero-order valence-corrected chi connectivity index (χ0v) is 16.8. The molecule has 0 saturated heterocycles. The van der Waals surface area contributed by atoms with E-state index in [1.807, 2.05) is 19.9 Å². The van der Waals surface area contributed by atoms with Crippen molar-refractivity contribution >= 4 is 27.5 Å². The minimum absolute atomic E-state index is 0.120. The number of carbonyl (C=O) groups excluding carboxylic acids is 1. The number of aryl methyl sites for hydroxylation is 2. The van der Waals surface area contributed by atoms with Crippen LogP contribution >= 0.6 is 11.6 Å². The zero-order chi connectivity index (χ0) is 19.5. The second-order valence-electron chi connectivity index (χ2n) is 6.20. The lowest BCUT2D eigenvalue weighted by Crippen LogP contribution is -2.34. The standard InChI is InChI=1S/C19H22ClNO4S/c1-12-9-13(2)15(4)19(14(12)3)26(23,24)21-18(22)11-25-10-16-7-5-6-8-17(16)20/h5-9H,10-11H2,1-4H3,(H,21,22). The lowest BCUT2D eigenvalue weighted by atomic mass is 10.0. The van der Waals surface area contributed by atoms with Crippen LogP contribution in [0.25, 0.3) is 0 Å². The molecule has 0 aliphatic carbocycles. The van der Waals surface area contributed by atoms with Crippen molar-refractivity contribution in [3.8, 4) is 0 Å². The molecule has 0 heterocycles. The second kappa shape index (κ2) is 8.20. The summed E-state index contributed by atoms with van der Waals surface area (Å²) in [5.74, 6) is -0.727. The Balaban J connectivity index is 2.08. The molecule has 140 valence electrons. The van der Waals surface area contributed by atoms with E-state index >= 15 is 0 Å². The van der Waals surface area contributed by atoms with E-state index in [4.69, 9.17) is 16.3 Å². The summed E-state index contributed by atoms with van der Waals surface area (Å²) in [6.45, 7) is 6.89. The minimum Gasteiger partial charge on any atom is -0.367 e. The van der Waals surface area contributed by atoms with Crippen LogP contribution in [0, 0.1) is 27.7 Å². The minimum atomic E-state index is -3.97. The Bertz CT molecular complexity index is 913. The Kier molecular flexibility index (Phi) is 6.44. The summed E-state index contributed by atoms with van der Waals surface area (Å²) in [6, 6.07) is 9.02. The third-order valence-electron chi connectivity index (χ3n) is 4.26. The van der Waals surface area contributed by atoms with Gasteiger partial charge in [0, 0.05) is 5.02 Å². The first-order chi connectivity index (χ1) is 12.1. The largest absolute Gasteiger partial charge is 0.367 e. The Hall–Kier alpha value is -1.89. The normalized spacial score (nSPS) is 11.4. The fourth-order valence-electron chi connectivity index (χ4n) is 2.68. The smallest absolute Gasteiger partial charge is 0.264 e. The fraction of sp³-hybridized carbons (Fsp3) is 0.316. The first-order valence-electron chi connectivity index (χ1n) is 8.07. The fourth-order valence-corrected chi connectivity index (χ4v) is 4.46. The molecule has 0 atom stereocenters. The number of rotatable bonds is 6. The quantitative estimate of drug-likeness (QED) is 0.811. The van der Waals surface area contributed by atoms with Crippen molar-refractivity contribution < 1.29 is 17.9 Å². The van der Waals surface area contributed by atoms with Gasteiger partial charge in [-0.1, -0.05) is 35.9 Å². The van der Waals surface area contributed by atoms with E-state index < -0.39 is 15.9 Å². The number of halogens is 1. The lowest BCUT2D eigenvalue weighted by molar-refractivity contribution is -0.124. The van der Waals surface area contributed by atoms with E-state index in [1.54, 1.807) is 38.1 Å². The molecule has 0 unspecified atom stereocenters. The van der Waals surface area contributed by atoms with Crippen molar-refractivity contribution in [2.24, 2.45) is 0 Å². The molecule has 0 saturated carbocycles. The van der Waals surface area contributed by atoms with Gasteiger partial charge in [-0.15, -0.1) is 0 Å². The van der Waals surface area contributed by atoms with Gasteiger partial charge in [-0.05, 0) is 61.6 Å². The van der Waals surface area contributed by atoms with E-state index in [1.165, 1.54) is 0 Å². The number of nitrogens with one attached hydrogen (secondary N) is 1. The molecule has 0 aliphatic heterocycles. The average molecular weight is 396 g/mol. The Labute approximate surface area is 159 Å². The third kappa shape index (κ3) is 4.63. The Morgan fingerprint density at radius 2 is 1.65 bits per heavy atom. The Morgan fingerprint density at radius 1 is 1.08 bits per heavy atom. The molecule has 1 amide bonds. The van der Waals surface area contributed by atoms with Crippen molar-refractivity contribution in [2.45, 2.75) is 39.2 Å². The number of benzene rings is 2. The van der Waals surface area contributed by atoms with Crippen molar-refractivity contribution in [1.29, 1.82) is 0 Å². The van der Waals surface area contributed by atoms with Gasteiger partial charge in [-0.2, -0.15) is 0 Å². The molecule has 0 bridgehead atoms. The zero-order valence-electron chi connectivity index (χ0n) is 15.2. The van der Waals surface area contributed by atoms with Gasteiger partial charge in [-0.3, -0.25) is 4.79 Å². The SMILES string of the molecule is Cc1cc(C)c(C)c(S(=O)(=O)NC(=O)COCc2ccccc2Cl)c1C. The molecular weight excluding hydrogens is 374 g/mol. The van der Waals surface area contributed by atoms with E-state index in [9.17, 15) is 13.2 Å². The van der Waals surface area contributed by atoms with Gasteiger partial charge in [0.05, 0.1) is 11.5 Å². The average Bonchev–Trinajstić information content (AvgIpc) is 2.54. The molecule has 0 aliphatic rings. The van der Waals surface area contributed by atoms with Gasteiger partial charge in [0.15, 0.2) is 0 Å². The van der Waals surface area contributed by atoms with Gasteiger partial charge < -0.3 is 4.74 Å². The van der Waals surface area contributed by atoms with Crippen LogP contribution in [0.5, 0.6) is 0 Å². The molecule has 0 fully saturated rings. The highest BCUT2D eigenvalue weighted by Gasteiger charge is 2.24. The number of ether oxygens (including phenoxy) is 1. The Morgan fingerprint density at radius 3 is 2.23 bits per heavy atom.